The summed E-state index contributed by atoms with van der Waals surface area (Å²) in [4.78, 5) is 18.2. The molecule has 0 aliphatic heterocycles. The summed E-state index contributed by atoms with van der Waals surface area (Å²) in [6, 6.07) is 7.09. The molecule has 2 aromatic rings. The molecule has 1 aromatic heterocycles. The number of aromatic nitrogens is 2. The third-order valence-corrected chi connectivity index (χ3v) is 2.11. The van der Waals surface area contributed by atoms with E-state index < -0.39 is 5.97 Å². The lowest BCUT2D eigenvalue weighted by atomic mass is 10.1. The number of rotatable bonds is 4. The highest BCUT2D eigenvalue weighted by Gasteiger charge is 2.01. The van der Waals surface area contributed by atoms with Crippen molar-refractivity contribution >= 4 is 5.97 Å². The van der Waals surface area contributed by atoms with E-state index in [9.17, 15) is 4.79 Å². The van der Waals surface area contributed by atoms with Crippen LogP contribution in [0.5, 0.6) is 5.75 Å². The van der Waals surface area contributed by atoms with Gasteiger partial charge in [0.25, 0.3) is 0 Å². The molecule has 1 heterocycles. The number of hydrogen-bond donors (Lipinski definition) is 1. The Labute approximate surface area is 97.7 Å². The lowest BCUT2D eigenvalue weighted by Gasteiger charge is -2.04. The number of ether oxygens (including phenoxy) is 1. The lowest BCUT2D eigenvalue weighted by molar-refractivity contribution is -0.139. The second-order valence-electron chi connectivity index (χ2n) is 3.33. The Balaban J connectivity index is 2.11. The molecular weight excluding hydrogens is 220 g/mol. The minimum Gasteiger partial charge on any atom is -0.482 e. The Hall–Kier alpha value is -2.43. The number of carbonyl (C=O) groups is 1. The van der Waals surface area contributed by atoms with E-state index in [0.29, 0.717) is 5.75 Å². The molecule has 0 amide bonds. The van der Waals surface area contributed by atoms with Crippen molar-refractivity contribution in [3.05, 3.63) is 43.0 Å². The van der Waals surface area contributed by atoms with Crippen LogP contribution in [0.1, 0.15) is 0 Å². The third-order valence-electron chi connectivity index (χ3n) is 2.11. The molecule has 0 atom stereocenters. The van der Waals surface area contributed by atoms with Crippen molar-refractivity contribution in [3.8, 4) is 16.9 Å². The first kappa shape index (κ1) is 11.1. The molecule has 0 saturated carbocycles. The molecule has 0 bridgehead atoms. The summed E-state index contributed by atoms with van der Waals surface area (Å²) in [6.45, 7) is -0.339. The Bertz CT molecular complexity index is 497. The fourth-order valence-corrected chi connectivity index (χ4v) is 1.34. The summed E-state index contributed by atoms with van der Waals surface area (Å²) in [5.41, 5.74) is 1.85. The first-order valence-corrected chi connectivity index (χ1v) is 4.96. The number of nitrogens with zero attached hydrogens (tertiary/aromatic N) is 2. The minimum absolute atomic E-state index is 0.339. The average molecular weight is 230 g/mol. The van der Waals surface area contributed by atoms with Gasteiger partial charge >= 0.3 is 5.97 Å². The summed E-state index contributed by atoms with van der Waals surface area (Å²) in [7, 11) is 0. The lowest BCUT2D eigenvalue weighted by Crippen LogP contribution is -2.09. The van der Waals surface area contributed by atoms with Gasteiger partial charge in [-0.05, 0) is 17.7 Å². The molecule has 86 valence electrons. The highest BCUT2D eigenvalue weighted by Crippen LogP contribution is 2.20. The van der Waals surface area contributed by atoms with Gasteiger partial charge in [0, 0.05) is 18.0 Å². The van der Waals surface area contributed by atoms with E-state index in [0.717, 1.165) is 11.1 Å². The van der Waals surface area contributed by atoms with Crippen molar-refractivity contribution in [3.63, 3.8) is 0 Å². The highest BCUT2D eigenvalue weighted by atomic mass is 16.5. The van der Waals surface area contributed by atoms with Crippen LogP contribution in [0.15, 0.2) is 43.0 Å². The summed E-state index contributed by atoms with van der Waals surface area (Å²) < 4.78 is 5.03. The normalized spacial score (nSPS) is 9.88. The fourth-order valence-electron chi connectivity index (χ4n) is 1.34. The van der Waals surface area contributed by atoms with Crippen LogP contribution in [0.4, 0.5) is 0 Å². The maximum absolute atomic E-state index is 10.3. The SMILES string of the molecule is O=C(O)COc1ccc(-c2cncnc2)cc1. The molecule has 1 N–H and O–H groups in total. The molecule has 2 rings (SSSR count). The largest absolute Gasteiger partial charge is 0.482 e. The molecular formula is C12H10N2O3. The molecule has 0 spiro atoms. The van der Waals surface area contributed by atoms with Gasteiger partial charge in [-0.2, -0.15) is 0 Å². The molecule has 0 radical (unpaired) electrons. The second-order valence-corrected chi connectivity index (χ2v) is 3.33. The molecule has 17 heavy (non-hydrogen) atoms. The second kappa shape index (κ2) is 5.07. The number of carboxylic acid groups (broad SMARTS) is 1. The predicted molar refractivity (Wildman–Crippen MR) is 60.6 cm³/mol. The van der Waals surface area contributed by atoms with Crippen molar-refractivity contribution in [1.29, 1.82) is 0 Å². The van der Waals surface area contributed by atoms with Gasteiger partial charge in [-0.25, -0.2) is 14.8 Å². The molecule has 0 fully saturated rings. The first-order valence-electron chi connectivity index (χ1n) is 4.96. The van der Waals surface area contributed by atoms with Crippen molar-refractivity contribution in [1.82, 2.24) is 9.97 Å². The zero-order valence-electron chi connectivity index (χ0n) is 8.91. The van der Waals surface area contributed by atoms with Crippen LogP contribution in [0, 0.1) is 0 Å². The monoisotopic (exact) mass is 230 g/mol. The topological polar surface area (TPSA) is 72.3 Å². The molecule has 0 saturated heterocycles. The summed E-state index contributed by atoms with van der Waals surface area (Å²) in [5, 5.41) is 8.47. The smallest absolute Gasteiger partial charge is 0.341 e. The van der Waals surface area contributed by atoms with Gasteiger partial charge in [0.1, 0.15) is 12.1 Å². The third kappa shape index (κ3) is 3.01. The van der Waals surface area contributed by atoms with Gasteiger partial charge in [0.2, 0.25) is 0 Å². The highest BCUT2D eigenvalue weighted by molar-refractivity contribution is 5.68. The van der Waals surface area contributed by atoms with Crippen LogP contribution >= 0.6 is 0 Å². The Morgan fingerprint density at radius 2 is 1.76 bits per heavy atom. The van der Waals surface area contributed by atoms with Gasteiger partial charge in [0.05, 0.1) is 0 Å². The standard InChI is InChI=1S/C12H10N2O3/c15-12(16)7-17-11-3-1-9(2-4-11)10-5-13-8-14-6-10/h1-6,8H,7H2,(H,15,16). The Kier molecular flexibility index (Phi) is 3.30. The Morgan fingerprint density at radius 1 is 1.12 bits per heavy atom. The van der Waals surface area contributed by atoms with Crippen LogP contribution in [0.25, 0.3) is 11.1 Å². The maximum atomic E-state index is 10.3. The van der Waals surface area contributed by atoms with Crippen LogP contribution in [-0.2, 0) is 4.79 Å². The average Bonchev–Trinajstić information content (AvgIpc) is 2.38. The summed E-state index contributed by atoms with van der Waals surface area (Å²) in [6.07, 6.45) is 4.88. The Morgan fingerprint density at radius 3 is 2.35 bits per heavy atom. The van der Waals surface area contributed by atoms with E-state index >= 15 is 0 Å². The predicted octanol–water partition coefficient (Wildman–Crippen LogP) is 1.61. The van der Waals surface area contributed by atoms with Gasteiger partial charge in [-0.3, -0.25) is 0 Å². The molecule has 1 aromatic carbocycles. The molecule has 5 heteroatoms. The van der Waals surface area contributed by atoms with Crippen molar-refractivity contribution < 1.29 is 14.6 Å². The molecule has 0 unspecified atom stereocenters. The molecule has 0 aliphatic rings. The van der Waals surface area contributed by atoms with Crippen molar-refractivity contribution in [2.75, 3.05) is 6.61 Å². The van der Waals surface area contributed by atoms with Crippen molar-refractivity contribution in [2.45, 2.75) is 0 Å². The fraction of sp³-hybridized carbons (Fsp3) is 0.0833. The maximum Gasteiger partial charge on any atom is 0.341 e. The van der Waals surface area contributed by atoms with Crippen LogP contribution < -0.4 is 4.74 Å². The zero-order valence-corrected chi connectivity index (χ0v) is 8.91. The molecule has 0 aliphatic carbocycles. The van der Waals surface area contributed by atoms with E-state index in [2.05, 4.69) is 9.97 Å². The number of carboxylic acids is 1. The van der Waals surface area contributed by atoms with Gasteiger partial charge < -0.3 is 9.84 Å². The summed E-state index contributed by atoms with van der Waals surface area (Å²) >= 11 is 0. The zero-order chi connectivity index (χ0) is 12.1. The number of benzene rings is 1. The van der Waals surface area contributed by atoms with E-state index in [1.54, 1.807) is 24.5 Å². The number of hydrogen-bond acceptors (Lipinski definition) is 4. The van der Waals surface area contributed by atoms with Crippen LogP contribution in [-0.4, -0.2) is 27.7 Å². The summed E-state index contributed by atoms with van der Waals surface area (Å²) in [5.74, 6) is -0.474. The van der Waals surface area contributed by atoms with Crippen molar-refractivity contribution in [2.24, 2.45) is 0 Å². The van der Waals surface area contributed by atoms with E-state index in [4.69, 9.17) is 9.84 Å². The quantitative estimate of drug-likeness (QED) is 0.863. The molecule has 5 nitrogen and oxygen atoms in total. The van der Waals surface area contributed by atoms with E-state index in [1.165, 1.54) is 6.33 Å². The number of aliphatic carboxylic acids is 1. The van der Waals surface area contributed by atoms with Crippen LogP contribution in [0.3, 0.4) is 0 Å². The van der Waals surface area contributed by atoms with E-state index in [1.807, 2.05) is 12.1 Å². The first-order chi connectivity index (χ1) is 8.25. The van der Waals surface area contributed by atoms with E-state index in [-0.39, 0.29) is 6.61 Å². The van der Waals surface area contributed by atoms with Gasteiger partial charge in [0.15, 0.2) is 6.61 Å². The minimum atomic E-state index is -0.995. The van der Waals surface area contributed by atoms with Gasteiger partial charge in [-0.1, -0.05) is 12.1 Å². The van der Waals surface area contributed by atoms with Crippen LogP contribution in [0.2, 0.25) is 0 Å². The van der Waals surface area contributed by atoms with Gasteiger partial charge in [-0.15, -0.1) is 0 Å².